The molecule has 1 aliphatic rings. The number of pyridine rings is 1. The van der Waals surface area contributed by atoms with E-state index in [1.807, 2.05) is 0 Å². The number of carboxylic acid groups (broad SMARTS) is 1. The molecule has 1 aromatic heterocycles. The summed E-state index contributed by atoms with van der Waals surface area (Å²) in [5, 5.41) is 20.1. The first-order valence-corrected chi connectivity index (χ1v) is 6.11. The molecule has 19 heavy (non-hydrogen) atoms. The van der Waals surface area contributed by atoms with E-state index in [-0.39, 0.29) is 5.69 Å². The maximum atomic E-state index is 11.2. The van der Waals surface area contributed by atoms with Crippen molar-refractivity contribution in [2.75, 3.05) is 11.4 Å². The lowest BCUT2D eigenvalue weighted by atomic mass is 10.0. The minimum Gasteiger partial charge on any atom is -0.480 e. The molecule has 7 heteroatoms. The summed E-state index contributed by atoms with van der Waals surface area (Å²) in [5.74, 6) is -0.547. The normalized spacial score (nSPS) is 19.2. The predicted molar refractivity (Wildman–Crippen MR) is 68.2 cm³/mol. The minimum absolute atomic E-state index is 0.0280. The van der Waals surface area contributed by atoms with Gasteiger partial charge in [0.15, 0.2) is 0 Å². The zero-order valence-corrected chi connectivity index (χ0v) is 10.6. The fraction of sp³-hybridized carbons (Fsp3) is 0.500. The van der Waals surface area contributed by atoms with Gasteiger partial charge in [0.2, 0.25) is 0 Å². The maximum Gasteiger partial charge on any atom is 0.326 e. The molecule has 0 saturated carbocycles. The van der Waals surface area contributed by atoms with Gasteiger partial charge in [-0.25, -0.2) is 9.78 Å². The highest BCUT2D eigenvalue weighted by atomic mass is 16.6. The van der Waals surface area contributed by atoms with Crippen LogP contribution in [0.4, 0.5) is 11.5 Å². The van der Waals surface area contributed by atoms with Crippen molar-refractivity contribution in [3.63, 3.8) is 0 Å². The number of piperidine rings is 1. The summed E-state index contributed by atoms with van der Waals surface area (Å²) in [6.07, 6.45) is 3.67. The van der Waals surface area contributed by atoms with E-state index in [2.05, 4.69) is 4.98 Å². The molecule has 1 unspecified atom stereocenters. The molecule has 0 aromatic carbocycles. The minimum atomic E-state index is -0.912. The number of aromatic nitrogens is 1. The summed E-state index contributed by atoms with van der Waals surface area (Å²) in [6, 6.07) is 0.708. The number of aryl methyl sites for hydroxylation is 1. The molecule has 1 fully saturated rings. The first-order chi connectivity index (χ1) is 9.00. The van der Waals surface area contributed by atoms with E-state index in [9.17, 15) is 20.0 Å². The molecule has 2 heterocycles. The number of carboxylic acids is 1. The van der Waals surface area contributed by atoms with E-state index in [0.717, 1.165) is 12.8 Å². The molecular formula is C12H15N3O4. The van der Waals surface area contributed by atoms with E-state index in [1.165, 1.54) is 12.3 Å². The Balaban J connectivity index is 2.36. The highest BCUT2D eigenvalue weighted by molar-refractivity contribution is 5.78. The maximum absolute atomic E-state index is 11.2. The van der Waals surface area contributed by atoms with Crippen molar-refractivity contribution in [1.82, 2.24) is 4.98 Å². The summed E-state index contributed by atoms with van der Waals surface area (Å²) >= 11 is 0. The lowest BCUT2D eigenvalue weighted by molar-refractivity contribution is -0.385. The molecule has 7 nitrogen and oxygen atoms in total. The second-order valence-corrected chi connectivity index (χ2v) is 4.63. The number of hydrogen-bond donors (Lipinski definition) is 1. The van der Waals surface area contributed by atoms with Gasteiger partial charge in [-0.3, -0.25) is 10.1 Å². The molecule has 1 aliphatic heterocycles. The topological polar surface area (TPSA) is 96.6 Å². The lowest BCUT2D eigenvalue weighted by Crippen LogP contribution is -2.45. The van der Waals surface area contributed by atoms with Crippen molar-refractivity contribution in [3.8, 4) is 0 Å². The standard InChI is InChI=1S/C12H15N3O4/c1-8-7-13-11(6-10(8)15(18)19)14-5-3-2-4-9(14)12(16)17/h6-7,9H,2-5H2,1H3,(H,16,17). The van der Waals surface area contributed by atoms with E-state index in [0.29, 0.717) is 24.3 Å². The van der Waals surface area contributed by atoms with E-state index < -0.39 is 16.9 Å². The van der Waals surface area contributed by atoms with Gasteiger partial charge in [0, 0.05) is 18.3 Å². The third-order valence-electron chi connectivity index (χ3n) is 3.34. The zero-order valence-electron chi connectivity index (χ0n) is 10.6. The van der Waals surface area contributed by atoms with Crippen molar-refractivity contribution in [1.29, 1.82) is 0 Å². The van der Waals surface area contributed by atoms with Crippen LogP contribution in [-0.2, 0) is 4.79 Å². The van der Waals surface area contributed by atoms with Gasteiger partial charge in [-0.1, -0.05) is 0 Å². The van der Waals surface area contributed by atoms with Crippen LogP contribution in [0.25, 0.3) is 0 Å². The quantitative estimate of drug-likeness (QED) is 0.660. The van der Waals surface area contributed by atoms with Crippen molar-refractivity contribution in [2.45, 2.75) is 32.2 Å². The number of anilines is 1. The number of rotatable bonds is 3. The Morgan fingerprint density at radius 3 is 2.95 bits per heavy atom. The number of aliphatic carboxylic acids is 1. The van der Waals surface area contributed by atoms with Crippen LogP contribution < -0.4 is 4.90 Å². The fourth-order valence-corrected chi connectivity index (χ4v) is 2.32. The highest BCUT2D eigenvalue weighted by Gasteiger charge is 2.30. The monoisotopic (exact) mass is 265 g/mol. The SMILES string of the molecule is Cc1cnc(N2CCCCC2C(=O)O)cc1[N+](=O)[O-]. The summed E-state index contributed by atoms with van der Waals surface area (Å²) in [4.78, 5) is 27.4. The third-order valence-corrected chi connectivity index (χ3v) is 3.34. The second-order valence-electron chi connectivity index (χ2n) is 4.63. The summed E-state index contributed by atoms with van der Waals surface area (Å²) in [5.41, 5.74) is 0.442. The van der Waals surface area contributed by atoms with E-state index >= 15 is 0 Å². The zero-order chi connectivity index (χ0) is 14.0. The van der Waals surface area contributed by atoms with Crippen molar-refractivity contribution in [2.24, 2.45) is 0 Å². The molecular weight excluding hydrogens is 250 g/mol. The molecule has 0 bridgehead atoms. The second kappa shape index (κ2) is 5.21. The van der Waals surface area contributed by atoms with Crippen LogP contribution in [0.5, 0.6) is 0 Å². The Bertz CT molecular complexity index is 518. The van der Waals surface area contributed by atoms with E-state index in [1.54, 1.807) is 11.8 Å². The summed E-state index contributed by atoms with van der Waals surface area (Å²) in [6.45, 7) is 2.17. The Labute approximate surface area is 110 Å². The summed E-state index contributed by atoms with van der Waals surface area (Å²) < 4.78 is 0. The first-order valence-electron chi connectivity index (χ1n) is 6.11. The molecule has 1 aromatic rings. The van der Waals surface area contributed by atoms with Crippen molar-refractivity contribution < 1.29 is 14.8 Å². The van der Waals surface area contributed by atoms with Gasteiger partial charge in [0.25, 0.3) is 5.69 Å². The van der Waals surface area contributed by atoms with Crippen molar-refractivity contribution >= 4 is 17.5 Å². The van der Waals surface area contributed by atoms with Gasteiger partial charge in [0.05, 0.1) is 11.0 Å². The van der Waals surface area contributed by atoms with Crippen LogP contribution in [0, 0.1) is 17.0 Å². The fourth-order valence-electron chi connectivity index (χ4n) is 2.32. The number of carbonyl (C=O) groups is 1. The van der Waals surface area contributed by atoms with Crippen LogP contribution in [0.1, 0.15) is 24.8 Å². The van der Waals surface area contributed by atoms with Gasteiger partial charge >= 0.3 is 5.97 Å². The molecule has 0 amide bonds. The van der Waals surface area contributed by atoms with Gasteiger partial charge in [-0.2, -0.15) is 0 Å². The predicted octanol–water partition coefficient (Wildman–Crippen LogP) is 1.74. The van der Waals surface area contributed by atoms with Crippen molar-refractivity contribution in [3.05, 3.63) is 27.9 Å². The molecule has 0 spiro atoms. The average molecular weight is 265 g/mol. The molecule has 102 valence electrons. The van der Waals surface area contributed by atoms with Gasteiger partial charge in [0.1, 0.15) is 11.9 Å². The molecule has 0 radical (unpaired) electrons. The lowest BCUT2D eigenvalue weighted by Gasteiger charge is -2.33. The van der Waals surface area contributed by atoms with Crippen LogP contribution in [0.2, 0.25) is 0 Å². The number of hydrogen-bond acceptors (Lipinski definition) is 5. The van der Waals surface area contributed by atoms with Crippen LogP contribution in [0.15, 0.2) is 12.3 Å². The molecule has 1 atom stereocenters. The Kier molecular flexibility index (Phi) is 3.64. The van der Waals surface area contributed by atoms with Gasteiger partial charge in [-0.05, 0) is 26.2 Å². The average Bonchev–Trinajstić information content (AvgIpc) is 2.39. The largest absolute Gasteiger partial charge is 0.480 e. The van der Waals surface area contributed by atoms with Gasteiger partial charge in [-0.15, -0.1) is 0 Å². The van der Waals surface area contributed by atoms with Crippen LogP contribution in [0.3, 0.4) is 0 Å². The smallest absolute Gasteiger partial charge is 0.326 e. The molecule has 1 saturated heterocycles. The Hall–Kier alpha value is -2.18. The Morgan fingerprint density at radius 2 is 2.32 bits per heavy atom. The highest BCUT2D eigenvalue weighted by Crippen LogP contribution is 2.27. The Morgan fingerprint density at radius 1 is 1.58 bits per heavy atom. The first kappa shape index (κ1) is 13.3. The van der Waals surface area contributed by atoms with E-state index in [4.69, 9.17) is 0 Å². The molecule has 1 N–H and O–H groups in total. The van der Waals surface area contributed by atoms with Gasteiger partial charge < -0.3 is 10.0 Å². The number of nitro groups is 1. The van der Waals surface area contributed by atoms with Crippen LogP contribution in [-0.4, -0.2) is 33.6 Å². The number of nitrogens with zero attached hydrogens (tertiary/aromatic N) is 3. The summed E-state index contributed by atoms with van der Waals surface area (Å²) in [7, 11) is 0. The molecule has 0 aliphatic carbocycles. The third kappa shape index (κ3) is 2.64. The van der Waals surface area contributed by atoms with Crippen LogP contribution >= 0.6 is 0 Å². The molecule has 2 rings (SSSR count).